The minimum absolute atomic E-state index is 0.0180. The molecule has 0 aromatic heterocycles. The third-order valence-corrected chi connectivity index (χ3v) is 7.95. The second-order valence-electron chi connectivity index (χ2n) is 11.4. The number of aromatic hydroxyl groups is 1. The summed E-state index contributed by atoms with van der Waals surface area (Å²) >= 11 is 3.34. The molecule has 222 valence electrons. The molecule has 6 atom stereocenters. The number of amides is 2. The number of benzene rings is 1. The van der Waals surface area contributed by atoms with E-state index in [9.17, 15) is 19.8 Å². The molecule has 1 aromatic carbocycles. The first-order valence-electron chi connectivity index (χ1n) is 13.9. The van der Waals surface area contributed by atoms with E-state index in [-0.39, 0.29) is 41.6 Å². The number of primary amides is 1. The highest BCUT2D eigenvalue weighted by Gasteiger charge is 2.28. The van der Waals surface area contributed by atoms with Crippen LogP contribution < -0.4 is 11.1 Å². The molecule has 2 rings (SSSR count). The number of nitrogens with two attached hydrogens (primary N) is 1. The van der Waals surface area contributed by atoms with E-state index < -0.39 is 17.6 Å². The maximum absolute atomic E-state index is 12.6. The lowest BCUT2D eigenvalue weighted by molar-refractivity contribution is -0.117. The van der Waals surface area contributed by atoms with Crippen LogP contribution in [0.15, 0.2) is 71.3 Å². The van der Waals surface area contributed by atoms with Gasteiger partial charge in [0.05, 0.1) is 16.6 Å². The smallest absolute Gasteiger partial charge is 0.404 e. The predicted octanol–water partition coefficient (Wildman–Crippen LogP) is 6.48. The van der Waals surface area contributed by atoms with Gasteiger partial charge in [-0.25, -0.2) is 4.79 Å². The monoisotopic (exact) mass is 626 g/mol. The summed E-state index contributed by atoms with van der Waals surface area (Å²) in [6.45, 7) is 9.91. The van der Waals surface area contributed by atoms with Gasteiger partial charge in [0.25, 0.3) is 0 Å². The van der Waals surface area contributed by atoms with Crippen molar-refractivity contribution in [1.29, 1.82) is 0 Å². The number of hydrogen-bond donors (Lipinski definition) is 4. The molecule has 0 unspecified atom stereocenters. The van der Waals surface area contributed by atoms with Gasteiger partial charge in [0.2, 0.25) is 5.91 Å². The number of aliphatic hydroxyl groups excluding tert-OH is 1. The fraction of sp³-hybridized carbons (Fsp3) is 0.455. The summed E-state index contributed by atoms with van der Waals surface area (Å²) in [6.07, 6.45) is 14.7. The van der Waals surface area contributed by atoms with Gasteiger partial charge in [0, 0.05) is 5.41 Å². The fourth-order valence-corrected chi connectivity index (χ4v) is 5.08. The Morgan fingerprint density at radius 1 is 1.20 bits per heavy atom. The molecule has 0 bridgehead atoms. The highest BCUT2D eigenvalue weighted by Crippen LogP contribution is 2.40. The van der Waals surface area contributed by atoms with Gasteiger partial charge in [-0.3, -0.25) is 4.79 Å². The number of phenolic OH excluding ortho intramolecular Hbond substituents is 1. The zero-order chi connectivity index (χ0) is 30.6. The van der Waals surface area contributed by atoms with Crippen molar-refractivity contribution in [2.75, 3.05) is 0 Å². The van der Waals surface area contributed by atoms with Gasteiger partial charge in [-0.05, 0) is 82.8 Å². The summed E-state index contributed by atoms with van der Waals surface area (Å²) in [4.78, 5) is 24.0. The van der Waals surface area contributed by atoms with Crippen LogP contribution in [0.5, 0.6) is 5.75 Å². The number of carbonyl (C=O) groups is 2. The highest BCUT2D eigenvalue weighted by molar-refractivity contribution is 9.10. The Morgan fingerprint density at radius 2 is 1.90 bits per heavy atom. The summed E-state index contributed by atoms with van der Waals surface area (Å²) < 4.78 is 5.82. The van der Waals surface area contributed by atoms with Crippen molar-refractivity contribution < 1.29 is 24.5 Å². The van der Waals surface area contributed by atoms with Gasteiger partial charge in [-0.2, -0.15) is 0 Å². The second-order valence-corrected chi connectivity index (χ2v) is 12.2. The van der Waals surface area contributed by atoms with Gasteiger partial charge < -0.3 is 26.0 Å². The van der Waals surface area contributed by atoms with Crippen molar-refractivity contribution in [2.45, 2.75) is 72.1 Å². The molecule has 41 heavy (non-hydrogen) atoms. The lowest BCUT2D eigenvalue weighted by atomic mass is 9.82. The number of carbonyl (C=O) groups excluding carboxylic acids is 2. The third kappa shape index (κ3) is 11.6. The number of phenols is 1. The molecule has 2 amide bonds. The Balaban J connectivity index is 2.15. The summed E-state index contributed by atoms with van der Waals surface area (Å²) in [7, 11) is 0. The predicted molar refractivity (Wildman–Crippen MR) is 167 cm³/mol. The second kappa shape index (κ2) is 16.2. The van der Waals surface area contributed by atoms with Crippen LogP contribution in [0.1, 0.15) is 65.5 Å². The maximum atomic E-state index is 12.6. The van der Waals surface area contributed by atoms with E-state index >= 15 is 0 Å². The van der Waals surface area contributed by atoms with Crippen molar-refractivity contribution in [3.63, 3.8) is 0 Å². The number of ether oxygens (including phenoxy) is 1. The van der Waals surface area contributed by atoms with E-state index in [2.05, 4.69) is 59.1 Å². The van der Waals surface area contributed by atoms with Gasteiger partial charge in [-0.1, -0.05) is 89.0 Å². The minimum atomic E-state index is -0.860. The van der Waals surface area contributed by atoms with Crippen LogP contribution in [0, 0.1) is 35.0 Å². The van der Waals surface area contributed by atoms with Crippen LogP contribution in [0.4, 0.5) is 4.79 Å². The van der Waals surface area contributed by atoms with Crippen molar-refractivity contribution in [1.82, 2.24) is 5.32 Å². The molecule has 7 nitrogen and oxygen atoms in total. The molecule has 8 heteroatoms. The molecule has 0 saturated heterocycles. The fourth-order valence-electron chi connectivity index (χ4n) is 4.60. The van der Waals surface area contributed by atoms with Crippen LogP contribution in [-0.4, -0.2) is 34.4 Å². The summed E-state index contributed by atoms with van der Waals surface area (Å²) in [5.41, 5.74) is 5.24. The summed E-state index contributed by atoms with van der Waals surface area (Å²) in [6, 6.07) is 4.72. The summed E-state index contributed by atoms with van der Waals surface area (Å²) in [5, 5.41) is 23.9. The third-order valence-electron chi connectivity index (χ3n) is 7.08. The van der Waals surface area contributed by atoms with Crippen molar-refractivity contribution >= 4 is 27.9 Å². The molecule has 0 radical (unpaired) electrons. The molecular weight excluding hydrogens is 584 g/mol. The first-order valence-corrected chi connectivity index (χ1v) is 14.7. The van der Waals surface area contributed by atoms with Gasteiger partial charge in [0.15, 0.2) is 0 Å². The van der Waals surface area contributed by atoms with Crippen molar-refractivity contribution in [2.24, 2.45) is 28.9 Å². The Kier molecular flexibility index (Phi) is 13.4. The molecule has 0 fully saturated rings. The Hall–Kier alpha value is -3.28. The molecule has 1 aromatic rings. The van der Waals surface area contributed by atoms with Crippen LogP contribution in [0.3, 0.4) is 0 Å². The average Bonchev–Trinajstić information content (AvgIpc) is 2.88. The molecule has 0 aliphatic carbocycles. The van der Waals surface area contributed by atoms with Crippen molar-refractivity contribution in [3.05, 3.63) is 76.8 Å². The van der Waals surface area contributed by atoms with Crippen molar-refractivity contribution in [3.8, 4) is 17.6 Å². The standard InChI is InChI=1S/C33H43BrN2O5/c1-22-12-10-16-29(38)36-27(24(3)18-17-23(2)21-25(20-22)41-32(35)40)14-8-6-7-9-19-33(4,5)31(39)26-13-11-15-28(37)30(26)34/h8-11,13-19,22-25,27,31,37,39H,12,20-21H2,1-5H3,(H2,35,40)(H,36,38)/b14-8+,16-10-,18-17+,19-9+/t22-,23+,24+,25-,27-,31+/m0/s1. The normalized spacial score (nSPS) is 26.8. The molecule has 5 N–H and O–H groups in total. The van der Waals surface area contributed by atoms with Crippen LogP contribution in [0.2, 0.25) is 0 Å². The van der Waals surface area contributed by atoms with E-state index in [1.807, 2.05) is 39.0 Å². The first kappa shape index (κ1) is 33.9. The van der Waals surface area contributed by atoms with Gasteiger partial charge >= 0.3 is 6.09 Å². The zero-order valence-corrected chi connectivity index (χ0v) is 26.1. The van der Waals surface area contributed by atoms with Crippen LogP contribution >= 0.6 is 15.9 Å². The molecule has 1 aliphatic rings. The largest absolute Gasteiger partial charge is 0.507 e. The molecule has 1 heterocycles. The number of hydrogen-bond acceptors (Lipinski definition) is 5. The lowest BCUT2D eigenvalue weighted by Crippen LogP contribution is -2.36. The SMILES string of the molecule is C[C@H]1C/C=C\C(=O)N[C@@H](/C=C/C#C/C=C/C(C)(C)[C@H](O)c2cccc(O)c2Br)[C@H](C)/C=C/[C@@H](C)C[C@@H](OC(N)=O)C1. The number of rotatable bonds is 5. The molecule has 1 aliphatic heterocycles. The van der Waals surface area contributed by atoms with Gasteiger partial charge in [-0.15, -0.1) is 0 Å². The van der Waals surface area contributed by atoms with Crippen LogP contribution in [-0.2, 0) is 9.53 Å². The quantitative estimate of drug-likeness (QED) is 0.220. The lowest BCUT2D eigenvalue weighted by Gasteiger charge is -2.28. The minimum Gasteiger partial charge on any atom is -0.507 e. The Labute approximate surface area is 252 Å². The Morgan fingerprint density at radius 3 is 2.61 bits per heavy atom. The van der Waals surface area contributed by atoms with Crippen LogP contribution in [0.25, 0.3) is 0 Å². The highest BCUT2D eigenvalue weighted by atomic mass is 79.9. The maximum Gasteiger partial charge on any atom is 0.404 e. The number of aliphatic hydroxyl groups is 1. The molecular formula is C33H43BrN2O5. The van der Waals surface area contributed by atoms with E-state index in [0.29, 0.717) is 29.3 Å². The first-order chi connectivity index (χ1) is 19.3. The van der Waals surface area contributed by atoms with E-state index in [0.717, 1.165) is 0 Å². The Bertz CT molecular complexity index is 1220. The molecule has 0 spiro atoms. The van der Waals surface area contributed by atoms with E-state index in [1.54, 1.807) is 36.4 Å². The average molecular weight is 628 g/mol. The van der Waals surface area contributed by atoms with E-state index in [1.165, 1.54) is 0 Å². The summed E-state index contributed by atoms with van der Waals surface area (Å²) in [5.74, 6) is 6.18. The number of halogens is 1. The number of allylic oxidation sites excluding steroid dienone is 4. The molecule has 0 saturated carbocycles. The topological polar surface area (TPSA) is 122 Å². The number of nitrogens with one attached hydrogen (secondary N) is 1. The zero-order valence-electron chi connectivity index (χ0n) is 24.5. The van der Waals surface area contributed by atoms with Gasteiger partial charge in [0.1, 0.15) is 11.9 Å². The van der Waals surface area contributed by atoms with E-state index in [4.69, 9.17) is 10.5 Å².